The van der Waals surface area contributed by atoms with Gasteiger partial charge in [0.05, 0.1) is 6.10 Å². The summed E-state index contributed by atoms with van der Waals surface area (Å²) in [5.41, 5.74) is 2.90. The third-order valence-corrected chi connectivity index (χ3v) is 6.60. The molecule has 0 spiro atoms. The number of nitrogens with zero attached hydrogens (tertiary/aromatic N) is 2. The summed E-state index contributed by atoms with van der Waals surface area (Å²) in [4.78, 5) is 25.3. The Bertz CT molecular complexity index is 868. The summed E-state index contributed by atoms with van der Waals surface area (Å²) in [6.45, 7) is 4.79. The van der Waals surface area contributed by atoms with E-state index in [1.807, 2.05) is 13.8 Å². The van der Waals surface area contributed by atoms with E-state index in [0.29, 0.717) is 18.7 Å². The van der Waals surface area contributed by atoms with Crippen molar-refractivity contribution in [3.05, 3.63) is 39.8 Å². The molecule has 0 radical (unpaired) electrons. The predicted molar refractivity (Wildman–Crippen MR) is 102 cm³/mol. The van der Waals surface area contributed by atoms with Crippen molar-refractivity contribution < 1.29 is 23.1 Å². The van der Waals surface area contributed by atoms with Crippen molar-refractivity contribution in [3.8, 4) is 0 Å². The molecule has 0 atom stereocenters. The van der Waals surface area contributed by atoms with Gasteiger partial charge in [0.15, 0.2) is 0 Å². The maximum atomic E-state index is 12.5. The van der Waals surface area contributed by atoms with E-state index in [9.17, 15) is 23.1 Å². The number of carbonyl (C=O) groups is 2. The fraction of sp³-hybridized carbons (Fsp3) is 0.474. The van der Waals surface area contributed by atoms with Crippen LogP contribution in [0.1, 0.15) is 39.9 Å². The average Bonchev–Trinajstić information content (AvgIpc) is 2.58. The number of β-amino-alcohol motifs (C(OH)–C–C–N with tert-alkyl or cyclic N) is 1. The summed E-state index contributed by atoms with van der Waals surface area (Å²) >= 11 is 0. The second-order valence-electron chi connectivity index (χ2n) is 7.17. The summed E-state index contributed by atoms with van der Waals surface area (Å²) in [7, 11) is -3.58. The number of aliphatic hydroxyl groups is 1. The quantitative estimate of drug-likeness (QED) is 0.828. The van der Waals surface area contributed by atoms with Gasteiger partial charge in [0.25, 0.3) is 5.91 Å². The molecule has 0 saturated carbocycles. The Hall–Kier alpha value is -2.03. The summed E-state index contributed by atoms with van der Waals surface area (Å²) < 4.78 is 26.3. The van der Waals surface area contributed by atoms with E-state index in [1.54, 1.807) is 23.1 Å². The highest BCUT2D eigenvalue weighted by Gasteiger charge is 2.30. The van der Waals surface area contributed by atoms with E-state index >= 15 is 0 Å². The van der Waals surface area contributed by atoms with E-state index < -0.39 is 16.1 Å². The van der Waals surface area contributed by atoms with Gasteiger partial charge < -0.3 is 10.0 Å². The van der Waals surface area contributed by atoms with Crippen molar-refractivity contribution >= 4 is 27.8 Å². The van der Waals surface area contributed by atoms with Crippen molar-refractivity contribution in [2.24, 2.45) is 0 Å². The van der Waals surface area contributed by atoms with Crippen LogP contribution >= 0.6 is 0 Å². The molecule has 2 aliphatic rings. The molecule has 1 N–H and O–H groups in total. The number of amides is 1. The zero-order valence-electron chi connectivity index (χ0n) is 15.5. The standard InChI is InChI=1S/C19H24N2O5S/c1-13-9-15(19(24)20-11-17(23)12-20)10-14(2)18(13)5-8-27(25,26)21-6-3-16(22)4-7-21/h5,8-10,17,23H,3-4,6-7,11-12H2,1-2H3/b8-5+. The number of rotatable bonds is 4. The van der Waals surface area contributed by atoms with Crippen molar-refractivity contribution in [1.29, 1.82) is 0 Å². The van der Waals surface area contributed by atoms with Gasteiger partial charge in [-0.15, -0.1) is 0 Å². The number of piperidine rings is 1. The number of Topliss-reactive ketones (excluding diaryl/α,β-unsaturated/α-hetero) is 1. The Morgan fingerprint density at radius 2 is 1.70 bits per heavy atom. The van der Waals surface area contributed by atoms with Crippen LogP contribution in [0.15, 0.2) is 17.5 Å². The number of aryl methyl sites for hydroxylation is 2. The van der Waals surface area contributed by atoms with Crippen LogP contribution in [0.25, 0.3) is 6.08 Å². The molecule has 27 heavy (non-hydrogen) atoms. The number of aliphatic hydroxyl groups excluding tert-OH is 1. The van der Waals surface area contributed by atoms with Crippen molar-refractivity contribution in [2.45, 2.75) is 32.8 Å². The van der Waals surface area contributed by atoms with Gasteiger partial charge in [-0.3, -0.25) is 9.59 Å². The van der Waals surface area contributed by atoms with E-state index in [1.165, 1.54) is 9.71 Å². The molecule has 1 aromatic rings. The third kappa shape index (κ3) is 4.28. The van der Waals surface area contributed by atoms with Crippen LogP contribution in [0.5, 0.6) is 0 Å². The number of likely N-dealkylation sites (tertiary alicyclic amines) is 1. The lowest BCUT2D eigenvalue weighted by Gasteiger charge is -2.36. The van der Waals surface area contributed by atoms with Gasteiger partial charge in [0.1, 0.15) is 5.78 Å². The van der Waals surface area contributed by atoms with Crippen LogP contribution in [0.3, 0.4) is 0 Å². The minimum atomic E-state index is -3.58. The Morgan fingerprint density at radius 1 is 1.15 bits per heavy atom. The molecule has 2 heterocycles. The van der Waals surface area contributed by atoms with E-state index in [0.717, 1.165) is 16.7 Å². The first-order valence-corrected chi connectivity index (χ1v) is 10.5. The maximum absolute atomic E-state index is 12.5. The Morgan fingerprint density at radius 3 is 2.22 bits per heavy atom. The highest BCUT2D eigenvalue weighted by Crippen LogP contribution is 2.22. The van der Waals surface area contributed by atoms with Crippen LogP contribution in [0.4, 0.5) is 0 Å². The van der Waals surface area contributed by atoms with Crippen molar-refractivity contribution in [2.75, 3.05) is 26.2 Å². The molecular formula is C19H24N2O5S. The molecular weight excluding hydrogens is 368 g/mol. The molecule has 0 bridgehead atoms. The minimum Gasteiger partial charge on any atom is -0.389 e. The first-order valence-electron chi connectivity index (χ1n) is 8.96. The topological polar surface area (TPSA) is 95.0 Å². The smallest absolute Gasteiger partial charge is 0.254 e. The Balaban J connectivity index is 1.77. The molecule has 1 amide bonds. The molecule has 7 nitrogen and oxygen atoms in total. The molecule has 2 aliphatic heterocycles. The van der Waals surface area contributed by atoms with E-state index in [-0.39, 0.29) is 37.6 Å². The fourth-order valence-corrected chi connectivity index (χ4v) is 4.57. The highest BCUT2D eigenvalue weighted by molar-refractivity contribution is 7.92. The minimum absolute atomic E-state index is 0.0899. The zero-order valence-corrected chi connectivity index (χ0v) is 16.3. The number of benzene rings is 1. The Kier molecular flexibility index (Phi) is 5.50. The SMILES string of the molecule is Cc1cc(C(=O)N2CC(O)C2)cc(C)c1/C=C/S(=O)(=O)N1CCC(=O)CC1. The van der Waals surface area contributed by atoms with E-state index in [2.05, 4.69) is 0 Å². The van der Waals surface area contributed by atoms with Crippen LogP contribution in [-0.4, -0.2) is 66.7 Å². The molecule has 0 aromatic heterocycles. The largest absolute Gasteiger partial charge is 0.389 e. The number of hydrogen-bond donors (Lipinski definition) is 1. The van der Waals surface area contributed by atoms with Crippen LogP contribution < -0.4 is 0 Å². The summed E-state index contributed by atoms with van der Waals surface area (Å²) in [5, 5.41) is 10.5. The van der Waals surface area contributed by atoms with Gasteiger partial charge in [-0.05, 0) is 48.7 Å². The molecule has 3 rings (SSSR count). The Labute approximate surface area is 159 Å². The fourth-order valence-electron chi connectivity index (χ4n) is 3.39. The monoisotopic (exact) mass is 392 g/mol. The van der Waals surface area contributed by atoms with Gasteiger partial charge >= 0.3 is 0 Å². The highest BCUT2D eigenvalue weighted by atomic mass is 32.2. The number of sulfonamides is 1. The summed E-state index contributed by atoms with van der Waals surface area (Å²) in [6, 6.07) is 3.48. The molecule has 2 saturated heterocycles. The van der Waals surface area contributed by atoms with E-state index in [4.69, 9.17) is 0 Å². The van der Waals surface area contributed by atoms with Crippen LogP contribution in [0, 0.1) is 13.8 Å². The molecule has 8 heteroatoms. The van der Waals surface area contributed by atoms with Crippen molar-refractivity contribution in [3.63, 3.8) is 0 Å². The maximum Gasteiger partial charge on any atom is 0.254 e. The predicted octanol–water partition coefficient (Wildman–Crippen LogP) is 1.09. The normalized spacial score (nSPS) is 19.5. The number of hydrogen-bond acceptors (Lipinski definition) is 5. The molecule has 0 unspecified atom stereocenters. The lowest BCUT2D eigenvalue weighted by Crippen LogP contribution is -2.53. The second-order valence-corrected chi connectivity index (χ2v) is 8.99. The number of ketones is 1. The van der Waals surface area contributed by atoms with Gasteiger partial charge in [0.2, 0.25) is 10.0 Å². The molecule has 2 fully saturated rings. The molecule has 1 aromatic carbocycles. The summed E-state index contributed by atoms with van der Waals surface area (Å²) in [6.07, 6.45) is 1.62. The van der Waals surface area contributed by atoms with Gasteiger partial charge in [-0.2, -0.15) is 4.31 Å². The lowest BCUT2D eigenvalue weighted by molar-refractivity contribution is -0.120. The van der Waals surface area contributed by atoms with Crippen LogP contribution in [-0.2, 0) is 14.8 Å². The van der Waals surface area contributed by atoms with Gasteiger partial charge in [-0.1, -0.05) is 0 Å². The summed E-state index contributed by atoms with van der Waals surface area (Å²) in [5.74, 6) is -0.0419. The molecule has 0 aliphatic carbocycles. The number of carbonyl (C=O) groups excluding carboxylic acids is 2. The zero-order chi connectivity index (χ0) is 19.8. The first-order chi connectivity index (χ1) is 12.7. The first kappa shape index (κ1) is 19.7. The van der Waals surface area contributed by atoms with Crippen LogP contribution in [0.2, 0.25) is 0 Å². The third-order valence-electron chi connectivity index (χ3n) is 5.04. The lowest BCUT2D eigenvalue weighted by atomic mass is 9.98. The molecule has 146 valence electrons. The van der Waals surface area contributed by atoms with Crippen molar-refractivity contribution in [1.82, 2.24) is 9.21 Å². The van der Waals surface area contributed by atoms with Gasteiger partial charge in [0, 0.05) is 50.0 Å². The average molecular weight is 392 g/mol. The second kappa shape index (κ2) is 7.53. The van der Waals surface area contributed by atoms with Gasteiger partial charge in [-0.25, -0.2) is 8.42 Å².